The van der Waals surface area contributed by atoms with Crippen LogP contribution in [0.25, 0.3) is 5.78 Å². The SMILES string of the molecule is CSc1nc2nc(C)c(CC(=O)NC3CCCC(C)C3)c(C)n2n1. The number of nitrogens with one attached hydrogen (secondary N) is 1. The quantitative estimate of drug-likeness (QED) is 0.861. The van der Waals surface area contributed by atoms with Gasteiger partial charge in [-0.1, -0.05) is 31.5 Å². The second-order valence-corrected chi connectivity index (χ2v) is 7.56. The van der Waals surface area contributed by atoms with Crippen LogP contribution in [-0.4, -0.2) is 37.8 Å². The van der Waals surface area contributed by atoms with Crippen LogP contribution >= 0.6 is 11.8 Å². The summed E-state index contributed by atoms with van der Waals surface area (Å²) < 4.78 is 1.74. The molecule has 0 aromatic carbocycles. The van der Waals surface area contributed by atoms with Gasteiger partial charge in [0, 0.05) is 23.0 Å². The van der Waals surface area contributed by atoms with E-state index in [1.165, 1.54) is 24.6 Å². The molecule has 2 aromatic heterocycles. The first kappa shape index (κ1) is 17.2. The summed E-state index contributed by atoms with van der Waals surface area (Å²) in [5.74, 6) is 1.37. The predicted octanol–water partition coefficient (Wildman–Crippen LogP) is 2.70. The smallest absolute Gasteiger partial charge is 0.253 e. The Morgan fingerprint density at radius 3 is 2.83 bits per heavy atom. The lowest BCUT2D eigenvalue weighted by molar-refractivity contribution is -0.121. The molecule has 1 saturated carbocycles. The molecule has 2 unspecified atom stereocenters. The van der Waals surface area contributed by atoms with Crippen molar-refractivity contribution in [3.05, 3.63) is 17.0 Å². The van der Waals surface area contributed by atoms with Gasteiger partial charge in [0.05, 0.1) is 6.42 Å². The van der Waals surface area contributed by atoms with Gasteiger partial charge in [-0.15, -0.1) is 5.10 Å². The number of hydrogen-bond acceptors (Lipinski definition) is 5. The van der Waals surface area contributed by atoms with Gasteiger partial charge in [-0.2, -0.15) is 4.98 Å². The highest BCUT2D eigenvalue weighted by molar-refractivity contribution is 7.98. The molecule has 1 aliphatic carbocycles. The minimum atomic E-state index is 0.0756. The molecule has 1 N–H and O–H groups in total. The summed E-state index contributed by atoms with van der Waals surface area (Å²) in [6, 6.07) is 0.313. The normalized spacial score (nSPS) is 21.2. The van der Waals surface area contributed by atoms with E-state index in [0.29, 0.717) is 29.3 Å². The Bertz CT molecular complexity index is 757. The Kier molecular flexibility index (Phi) is 5.08. The molecule has 1 aliphatic rings. The number of hydrogen-bond donors (Lipinski definition) is 1. The Morgan fingerprint density at radius 2 is 2.12 bits per heavy atom. The van der Waals surface area contributed by atoms with Gasteiger partial charge in [-0.3, -0.25) is 4.79 Å². The number of thioether (sulfide) groups is 1. The van der Waals surface area contributed by atoms with Gasteiger partial charge in [-0.05, 0) is 38.9 Å². The van der Waals surface area contributed by atoms with Crippen LogP contribution in [0.4, 0.5) is 0 Å². The first-order chi connectivity index (χ1) is 11.5. The van der Waals surface area contributed by atoms with Gasteiger partial charge in [0.25, 0.3) is 5.78 Å². The average molecular weight is 347 g/mol. The highest BCUT2D eigenvalue weighted by atomic mass is 32.2. The van der Waals surface area contributed by atoms with Crippen LogP contribution in [0.2, 0.25) is 0 Å². The fourth-order valence-electron chi connectivity index (χ4n) is 3.54. The molecule has 0 spiro atoms. The van der Waals surface area contributed by atoms with E-state index in [4.69, 9.17) is 0 Å². The first-order valence-electron chi connectivity index (χ1n) is 8.54. The number of carbonyl (C=O) groups is 1. The van der Waals surface area contributed by atoms with Crippen molar-refractivity contribution in [1.29, 1.82) is 0 Å². The molecular formula is C17H25N5OS. The third-order valence-corrected chi connectivity index (χ3v) is 5.39. The molecule has 7 heteroatoms. The lowest BCUT2D eigenvalue weighted by Gasteiger charge is -2.27. The lowest BCUT2D eigenvalue weighted by atomic mass is 9.87. The maximum Gasteiger partial charge on any atom is 0.253 e. The maximum absolute atomic E-state index is 12.5. The number of amides is 1. The molecular weight excluding hydrogens is 322 g/mol. The second kappa shape index (κ2) is 7.09. The van der Waals surface area contributed by atoms with Crippen LogP contribution in [-0.2, 0) is 11.2 Å². The van der Waals surface area contributed by atoms with Crippen LogP contribution < -0.4 is 5.32 Å². The molecule has 0 bridgehead atoms. The number of fused-ring (bicyclic) bond motifs is 1. The fourth-order valence-corrected chi connectivity index (χ4v) is 3.87. The summed E-state index contributed by atoms with van der Waals surface area (Å²) in [6.07, 6.45) is 6.94. The van der Waals surface area contributed by atoms with Crippen LogP contribution in [0.3, 0.4) is 0 Å². The van der Waals surface area contributed by atoms with Gasteiger partial charge in [-0.25, -0.2) is 9.50 Å². The van der Waals surface area contributed by atoms with E-state index >= 15 is 0 Å². The standard InChI is InChI=1S/C17H25N5OS/c1-10-6-5-7-13(8-10)19-15(23)9-14-11(2)18-16-20-17(24-4)21-22(16)12(14)3/h10,13H,5-9H2,1-4H3,(H,19,23). The monoisotopic (exact) mass is 347 g/mol. The van der Waals surface area contributed by atoms with Gasteiger partial charge < -0.3 is 5.32 Å². The highest BCUT2D eigenvalue weighted by Gasteiger charge is 2.22. The van der Waals surface area contributed by atoms with Gasteiger partial charge >= 0.3 is 0 Å². The zero-order valence-corrected chi connectivity index (χ0v) is 15.6. The number of nitrogens with zero attached hydrogens (tertiary/aromatic N) is 4. The van der Waals surface area contributed by atoms with Crippen molar-refractivity contribution in [2.45, 2.75) is 64.1 Å². The van der Waals surface area contributed by atoms with Crippen molar-refractivity contribution in [2.24, 2.45) is 5.92 Å². The number of rotatable bonds is 4. The Labute approximate surface area is 146 Å². The van der Waals surface area contributed by atoms with E-state index < -0.39 is 0 Å². The van der Waals surface area contributed by atoms with Crippen molar-refractivity contribution < 1.29 is 4.79 Å². The van der Waals surface area contributed by atoms with Crippen LogP contribution in [0.1, 0.15) is 49.6 Å². The molecule has 130 valence electrons. The summed E-state index contributed by atoms with van der Waals surface area (Å²) in [4.78, 5) is 21.4. The summed E-state index contributed by atoms with van der Waals surface area (Å²) in [5, 5.41) is 8.34. The van der Waals surface area contributed by atoms with Crippen molar-refractivity contribution in [2.75, 3.05) is 6.26 Å². The summed E-state index contributed by atoms with van der Waals surface area (Å²) >= 11 is 1.49. The average Bonchev–Trinajstić information content (AvgIpc) is 2.94. The highest BCUT2D eigenvalue weighted by Crippen LogP contribution is 2.24. The molecule has 2 heterocycles. The number of aryl methyl sites for hydroxylation is 2. The molecule has 6 nitrogen and oxygen atoms in total. The van der Waals surface area contributed by atoms with Crippen molar-refractivity contribution in [1.82, 2.24) is 24.9 Å². The van der Waals surface area contributed by atoms with Crippen LogP contribution in [0, 0.1) is 19.8 Å². The largest absolute Gasteiger partial charge is 0.353 e. The van der Waals surface area contributed by atoms with Crippen LogP contribution in [0.15, 0.2) is 5.16 Å². The topological polar surface area (TPSA) is 72.2 Å². The summed E-state index contributed by atoms with van der Waals surface area (Å²) in [6.45, 7) is 6.18. The van der Waals surface area contributed by atoms with Crippen molar-refractivity contribution in [3.63, 3.8) is 0 Å². The van der Waals surface area contributed by atoms with Crippen LogP contribution in [0.5, 0.6) is 0 Å². The number of carbonyl (C=O) groups excluding carboxylic acids is 1. The summed E-state index contributed by atoms with van der Waals surface area (Å²) in [5.41, 5.74) is 2.74. The van der Waals surface area contributed by atoms with Gasteiger partial charge in [0.1, 0.15) is 0 Å². The Balaban J connectivity index is 1.77. The van der Waals surface area contributed by atoms with E-state index in [0.717, 1.165) is 29.8 Å². The van der Waals surface area contributed by atoms with E-state index in [9.17, 15) is 4.79 Å². The molecule has 2 atom stereocenters. The number of aromatic nitrogens is 4. The minimum Gasteiger partial charge on any atom is -0.353 e. The van der Waals surface area contributed by atoms with E-state index in [1.807, 2.05) is 20.1 Å². The van der Waals surface area contributed by atoms with Gasteiger partial charge in [0.2, 0.25) is 11.1 Å². The van der Waals surface area contributed by atoms with Crippen molar-refractivity contribution in [3.8, 4) is 0 Å². The molecule has 0 saturated heterocycles. The third kappa shape index (κ3) is 3.55. The molecule has 0 aliphatic heterocycles. The fraction of sp³-hybridized carbons (Fsp3) is 0.647. The first-order valence-corrected chi connectivity index (χ1v) is 9.76. The molecule has 1 fully saturated rings. The van der Waals surface area contributed by atoms with E-state index in [2.05, 4.69) is 27.3 Å². The minimum absolute atomic E-state index is 0.0756. The van der Waals surface area contributed by atoms with Crippen molar-refractivity contribution >= 4 is 23.4 Å². The van der Waals surface area contributed by atoms with Gasteiger partial charge in [0.15, 0.2) is 0 Å². The van der Waals surface area contributed by atoms with E-state index in [1.54, 1.807) is 4.52 Å². The third-order valence-electron chi connectivity index (χ3n) is 4.85. The Hall–Kier alpha value is -1.63. The molecule has 3 rings (SSSR count). The second-order valence-electron chi connectivity index (χ2n) is 6.78. The predicted molar refractivity (Wildman–Crippen MR) is 95.3 cm³/mol. The Morgan fingerprint density at radius 1 is 1.33 bits per heavy atom. The zero-order valence-electron chi connectivity index (χ0n) is 14.8. The zero-order chi connectivity index (χ0) is 17.3. The molecule has 24 heavy (non-hydrogen) atoms. The summed E-state index contributed by atoms with van der Waals surface area (Å²) in [7, 11) is 0. The molecule has 2 aromatic rings. The molecule has 0 radical (unpaired) electrons. The van der Waals surface area contributed by atoms with E-state index in [-0.39, 0.29) is 5.91 Å². The maximum atomic E-state index is 12.5. The molecule has 1 amide bonds. The lowest BCUT2D eigenvalue weighted by Crippen LogP contribution is -2.39.